The zero-order chi connectivity index (χ0) is 55.6. The van der Waals surface area contributed by atoms with Crippen molar-refractivity contribution in [2.75, 3.05) is 85.0 Å². The van der Waals surface area contributed by atoms with Gasteiger partial charge in [-0.15, -0.1) is 0 Å². The number of carboxylic acids is 1. The SMILES string of the molecule is CC(C)(C)OC(=O)N1CC[C@](C)(C(=O)O)C1.COCCOc1ccc(-c2nn(C)c3ccc(N)cc23)cn1.COCCOc1ccc(-c2nn(C)c3ccc(NC(=O)[C@]4(OC)CCN(C(=O)OC(C)(C)C)C4)cc23)cn1.[Cl-].[Li+]. The number of aryl methyl sites for hydroxylation is 2. The number of carbonyl (C=O) groups excluding carboxylic acids is 3. The molecular weight excluding hydrogens is 1020 g/mol. The van der Waals surface area contributed by atoms with Crippen LogP contribution in [0.5, 0.6) is 11.8 Å². The molecule has 8 rings (SSSR count). The monoisotopic (exact) mass is 1090 g/mol. The van der Waals surface area contributed by atoms with Crippen LogP contribution in [0, 0.1) is 5.41 Å². The number of carbonyl (C=O) groups is 4. The Morgan fingerprint density at radius 3 is 1.59 bits per heavy atom. The number of aromatic nitrogens is 6. The summed E-state index contributed by atoms with van der Waals surface area (Å²) in [6.07, 6.45) is 3.40. The van der Waals surface area contributed by atoms with E-state index >= 15 is 0 Å². The third kappa shape index (κ3) is 16.4. The van der Waals surface area contributed by atoms with E-state index in [0.717, 1.165) is 44.3 Å². The van der Waals surface area contributed by atoms with Gasteiger partial charge in [0.1, 0.15) is 35.8 Å². The minimum absolute atomic E-state index is 0. The van der Waals surface area contributed by atoms with Crippen molar-refractivity contribution in [3.05, 3.63) is 73.1 Å². The van der Waals surface area contributed by atoms with Gasteiger partial charge in [-0.25, -0.2) is 19.6 Å². The van der Waals surface area contributed by atoms with E-state index < -0.39 is 40.4 Å². The van der Waals surface area contributed by atoms with Gasteiger partial charge in [0.15, 0.2) is 5.60 Å². The molecule has 6 aromatic rings. The van der Waals surface area contributed by atoms with Crippen LogP contribution in [-0.2, 0) is 47.4 Å². The van der Waals surface area contributed by atoms with E-state index in [0.29, 0.717) is 75.5 Å². The molecule has 4 aromatic heterocycles. The zero-order valence-corrected chi connectivity index (χ0v) is 47.7. The quantitative estimate of drug-likeness (QED) is 0.0795. The van der Waals surface area contributed by atoms with Gasteiger partial charge in [-0.1, -0.05) is 0 Å². The van der Waals surface area contributed by atoms with Gasteiger partial charge in [-0.2, -0.15) is 10.2 Å². The Morgan fingerprint density at radius 2 is 1.15 bits per heavy atom. The van der Waals surface area contributed by atoms with Gasteiger partial charge in [0.2, 0.25) is 11.8 Å². The third-order valence-corrected chi connectivity index (χ3v) is 12.4. The van der Waals surface area contributed by atoms with Crippen LogP contribution in [0.3, 0.4) is 0 Å². The molecular formula is C54H72ClLiN10O12. The second kappa shape index (κ2) is 27.3. The van der Waals surface area contributed by atoms with E-state index in [-0.39, 0.29) is 50.3 Å². The maximum atomic E-state index is 13.4. The molecule has 78 heavy (non-hydrogen) atoms. The molecule has 0 bridgehead atoms. The van der Waals surface area contributed by atoms with E-state index in [9.17, 15) is 19.2 Å². The Hall–Kier alpha value is -6.67. The number of nitrogens with two attached hydrogens (primary N) is 1. The van der Waals surface area contributed by atoms with Crippen LogP contribution in [0.1, 0.15) is 61.3 Å². The van der Waals surface area contributed by atoms with Crippen molar-refractivity contribution < 1.29 is 88.7 Å². The van der Waals surface area contributed by atoms with Crippen molar-refractivity contribution in [1.82, 2.24) is 39.3 Å². The van der Waals surface area contributed by atoms with E-state index in [1.807, 2.05) is 73.4 Å². The number of rotatable bonds is 14. The second-order valence-electron chi connectivity index (χ2n) is 20.7. The van der Waals surface area contributed by atoms with E-state index in [1.54, 1.807) is 85.8 Å². The summed E-state index contributed by atoms with van der Waals surface area (Å²) in [5.41, 5.74) is 9.29. The molecule has 2 saturated heterocycles. The van der Waals surface area contributed by atoms with Gasteiger partial charge in [-0.3, -0.25) is 19.0 Å². The summed E-state index contributed by atoms with van der Waals surface area (Å²) < 4.78 is 40.9. The number of nitrogens with one attached hydrogen (secondary N) is 1. The smallest absolute Gasteiger partial charge is 1.00 e. The van der Waals surface area contributed by atoms with Crippen LogP contribution in [0.4, 0.5) is 21.0 Å². The minimum atomic E-state index is -1.17. The molecule has 2 aromatic carbocycles. The van der Waals surface area contributed by atoms with Crippen molar-refractivity contribution in [3.8, 4) is 34.3 Å². The summed E-state index contributed by atoms with van der Waals surface area (Å²) in [6.45, 7) is 15.5. The summed E-state index contributed by atoms with van der Waals surface area (Å²) in [7, 11) is 8.51. The van der Waals surface area contributed by atoms with Crippen LogP contribution in [0.25, 0.3) is 44.3 Å². The molecule has 2 aliphatic heterocycles. The van der Waals surface area contributed by atoms with Crippen LogP contribution in [0.15, 0.2) is 73.1 Å². The molecule has 0 spiro atoms. The van der Waals surface area contributed by atoms with Gasteiger partial charge in [-0.05, 0) is 103 Å². The number of amides is 3. The minimum Gasteiger partial charge on any atom is -1.00 e. The number of nitrogens with zero attached hydrogens (tertiary/aromatic N) is 8. The Balaban J connectivity index is 0.000000277. The first-order valence-electron chi connectivity index (χ1n) is 24.8. The molecule has 418 valence electrons. The predicted molar refractivity (Wildman–Crippen MR) is 286 cm³/mol. The number of methoxy groups -OCH3 is 3. The Bertz CT molecular complexity index is 2980. The first-order chi connectivity index (χ1) is 35.9. The molecule has 2 atom stereocenters. The fourth-order valence-corrected chi connectivity index (χ4v) is 8.30. The first-order valence-corrected chi connectivity index (χ1v) is 24.8. The maximum absolute atomic E-state index is 13.4. The number of likely N-dealkylation sites (tertiary alicyclic amines) is 2. The number of hydrogen-bond acceptors (Lipinski definition) is 16. The zero-order valence-electron chi connectivity index (χ0n) is 47.0. The molecule has 2 aliphatic rings. The van der Waals surface area contributed by atoms with Crippen molar-refractivity contribution >= 4 is 57.2 Å². The van der Waals surface area contributed by atoms with Crippen molar-refractivity contribution in [3.63, 3.8) is 0 Å². The molecule has 0 aliphatic carbocycles. The third-order valence-electron chi connectivity index (χ3n) is 12.4. The Labute approximate surface area is 473 Å². The number of pyridine rings is 2. The molecule has 0 unspecified atom stereocenters. The first kappa shape index (κ1) is 63.9. The average Bonchev–Trinajstić information content (AvgIpc) is 4.16. The van der Waals surface area contributed by atoms with Crippen LogP contribution >= 0.6 is 0 Å². The number of carboxylic acid groups (broad SMARTS) is 1. The number of benzene rings is 2. The summed E-state index contributed by atoms with van der Waals surface area (Å²) in [6, 6.07) is 18.8. The van der Waals surface area contributed by atoms with Crippen molar-refractivity contribution in [2.45, 2.75) is 78.1 Å². The van der Waals surface area contributed by atoms with Crippen LogP contribution in [0.2, 0.25) is 0 Å². The van der Waals surface area contributed by atoms with Gasteiger partial charge in [0.25, 0.3) is 5.91 Å². The van der Waals surface area contributed by atoms with Crippen molar-refractivity contribution in [1.29, 1.82) is 0 Å². The van der Waals surface area contributed by atoms with Crippen LogP contribution < -0.4 is 51.8 Å². The van der Waals surface area contributed by atoms with E-state index in [1.165, 1.54) is 16.9 Å². The average molecular weight is 1100 g/mol. The molecule has 24 heteroatoms. The maximum Gasteiger partial charge on any atom is 1.00 e. The standard InChI is InChI=1S/C27H35N5O6.C16H18N4O2.C11H19NO4.ClH.Li/c1-26(2,3)38-25(34)32-12-11-27(17-32,36-6)24(33)29-19-8-9-21-20(15-19)23(30-31(21)4)18-7-10-22(28-16-18)37-14-13-35-5;1-20-14-5-4-12(17)9-13(14)16(19-20)11-3-6-15(18-10-11)22-8-7-21-2;1-10(2,3)16-9(15)12-6-5-11(4,7-12)8(13)14;;/h7-10,15-16H,11-14,17H2,1-6H3,(H,29,33);3-6,9-10H,7-8,17H2,1-2H3;5-7H2,1-4H3,(H,13,14);1H;/q;;;;+1/p-1/t27-;;11-;;/m0.0../s1. The van der Waals surface area contributed by atoms with Gasteiger partial charge >= 0.3 is 37.0 Å². The summed E-state index contributed by atoms with van der Waals surface area (Å²) in [5, 5.41) is 23.1. The number of anilines is 2. The fraction of sp³-hybridized carbons (Fsp3) is 0.481. The summed E-state index contributed by atoms with van der Waals surface area (Å²) in [5.74, 6) is -0.116. The van der Waals surface area contributed by atoms with Gasteiger partial charge in [0.05, 0.1) is 36.2 Å². The van der Waals surface area contributed by atoms with E-state index in [4.69, 9.17) is 44.0 Å². The van der Waals surface area contributed by atoms with Crippen molar-refractivity contribution in [2.24, 2.45) is 19.5 Å². The predicted octanol–water partition coefficient (Wildman–Crippen LogP) is 1.59. The topological polar surface area (TPSA) is 259 Å². The number of ether oxygens (including phenoxy) is 7. The molecule has 22 nitrogen and oxygen atoms in total. The number of hydrogen-bond donors (Lipinski definition) is 3. The summed E-state index contributed by atoms with van der Waals surface area (Å²) in [4.78, 5) is 60.3. The van der Waals surface area contributed by atoms with Gasteiger partial charge < -0.3 is 71.5 Å². The van der Waals surface area contributed by atoms with E-state index in [2.05, 4.69) is 25.5 Å². The number of fused-ring (bicyclic) bond motifs is 2. The molecule has 2 fully saturated rings. The summed E-state index contributed by atoms with van der Waals surface area (Å²) >= 11 is 0. The molecule has 0 radical (unpaired) electrons. The fourth-order valence-electron chi connectivity index (χ4n) is 8.30. The Morgan fingerprint density at radius 1 is 0.679 bits per heavy atom. The number of aliphatic carboxylic acids is 1. The molecule has 3 amide bonds. The number of halogens is 1. The van der Waals surface area contributed by atoms with Gasteiger partial charge in [0, 0.05) is 119 Å². The second-order valence-corrected chi connectivity index (χ2v) is 20.7. The largest absolute Gasteiger partial charge is 1.00 e. The molecule has 4 N–H and O–H groups in total. The van der Waals surface area contributed by atoms with Crippen LogP contribution in [-0.4, -0.2) is 159 Å². The Kier molecular flexibility index (Phi) is 22.3. The molecule has 6 heterocycles. The molecule has 0 saturated carbocycles. The normalized spacial score (nSPS) is 16.9. The number of nitrogen functional groups attached to an aromatic ring is 1.